The van der Waals surface area contributed by atoms with Gasteiger partial charge < -0.3 is 10.6 Å². The van der Waals surface area contributed by atoms with E-state index in [2.05, 4.69) is 31.5 Å². The second-order valence-electron chi connectivity index (χ2n) is 4.25. The van der Waals surface area contributed by atoms with Crippen molar-refractivity contribution in [3.05, 3.63) is 58.3 Å². The number of hydrogen-bond acceptors (Lipinski definition) is 3. The Balaban J connectivity index is 2.03. The first-order valence-electron chi connectivity index (χ1n) is 6.42. The predicted molar refractivity (Wildman–Crippen MR) is 83.7 cm³/mol. The summed E-state index contributed by atoms with van der Waals surface area (Å²) in [7, 11) is 0. The summed E-state index contributed by atoms with van der Waals surface area (Å²) in [5, 5.41) is 6.05. The molecule has 2 aromatic rings. The summed E-state index contributed by atoms with van der Waals surface area (Å²) >= 11 is 3.34. The summed E-state index contributed by atoms with van der Waals surface area (Å²) in [6.45, 7) is 3.13. The molecule has 1 aromatic carbocycles. The number of amides is 1. The van der Waals surface area contributed by atoms with Gasteiger partial charge in [-0.3, -0.25) is 4.79 Å². The molecule has 2 N–H and O–H groups in total. The molecule has 4 nitrogen and oxygen atoms in total. The lowest BCUT2D eigenvalue weighted by Crippen LogP contribution is -2.22. The minimum absolute atomic E-state index is 0.0586. The molecule has 0 radical (unpaired) electrons. The number of carbonyl (C=O) groups excluding carboxylic acids is 1. The van der Waals surface area contributed by atoms with Crippen molar-refractivity contribution < 1.29 is 4.79 Å². The van der Waals surface area contributed by atoms with Crippen molar-refractivity contribution in [1.29, 1.82) is 0 Å². The quantitative estimate of drug-likeness (QED) is 0.826. The Morgan fingerprint density at radius 2 is 2.05 bits per heavy atom. The van der Waals surface area contributed by atoms with Gasteiger partial charge in [0, 0.05) is 17.8 Å². The number of nitrogens with zero attached hydrogens (tertiary/aromatic N) is 1. The summed E-state index contributed by atoms with van der Waals surface area (Å²) in [5.74, 6) is -0.0586. The van der Waals surface area contributed by atoms with E-state index in [1.807, 2.05) is 43.3 Å². The molecular weight excluding hydrogens is 318 g/mol. The van der Waals surface area contributed by atoms with Gasteiger partial charge in [-0.05, 0) is 53.2 Å². The second kappa shape index (κ2) is 7.05. The zero-order valence-corrected chi connectivity index (χ0v) is 12.8. The molecule has 0 aliphatic rings. The molecule has 0 spiro atoms. The van der Waals surface area contributed by atoms with E-state index in [1.54, 1.807) is 6.07 Å². The first-order valence-corrected chi connectivity index (χ1v) is 7.22. The Morgan fingerprint density at radius 3 is 2.80 bits per heavy atom. The molecule has 2 rings (SSSR count). The average molecular weight is 334 g/mol. The lowest BCUT2D eigenvalue weighted by atomic mass is 10.2. The van der Waals surface area contributed by atoms with Crippen LogP contribution in [0.15, 0.2) is 47.1 Å². The lowest BCUT2D eigenvalue weighted by Gasteiger charge is -2.08. The minimum Gasteiger partial charge on any atom is -0.379 e. The molecule has 0 aliphatic carbocycles. The number of hydrogen-bond donors (Lipinski definition) is 2. The summed E-state index contributed by atoms with van der Waals surface area (Å²) in [6, 6.07) is 13.2. The number of rotatable bonds is 5. The molecule has 0 bridgehead atoms. The maximum atomic E-state index is 11.8. The predicted octanol–water partition coefficient (Wildman–Crippen LogP) is 3.21. The molecule has 0 aliphatic heterocycles. The van der Waals surface area contributed by atoms with E-state index >= 15 is 0 Å². The topological polar surface area (TPSA) is 54.0 Å². The first-order chi connectivity index (χ1) is 9.69. The normalized spacial score (nSPS) is 10.1. The SMILES string of the molecule is CCNC(=O)c1cccc(NCc2cccc(Br)n2)c1. The molecule has 0 saturated carbocycles. The van der Waals surface area contributed by atoms with Crippen molar-refractivity contribution >= 4 is 27.5 Å². The van der Waals surface area contributed by atoms with Gasteiger partial charge in [0.05, 0.1) is 12.2 Å². The number of halogens is 1. The zero-order chi connectivity index (χ0) is 14.4. The molecule has 5 heteroatoms. The summed E-state index contributed by atoms with van der Waals surface area (Å²) in [5.41, 5.74) is 2.48. The van der Waals surface area contributed by atoms with Gasteiger partial charge >= 0.3 is 0 Å². The molecule has 1 amide bonds. The number of aromatic nitrogens is 1. The van der Waals surface area contributed by atoms with E-state index in [1.165, 1.54) is 0 Å². The Morgan fingerprint density at radius 1 is 1.25 bits per heavy atom. The Bertz CT molecular complexity index is 601. The van der Waals surface area contributed by atoms with Crippen LogP contribution in [0.25, 0.3) is 0 Å². The fourth-order valence-corrected chi connectivity index (χ4v) is 2.15. The van der Waals surface area contributed by atoms with Gasteiger partial charge in [0.1, 0.15) is 4.60 Å². The van der Waals surface area contributed by atoms with Gasteiger partial charge in [0.25, 0.3) is 5.91 Å². The summed E-state index contributed by atoms with van der Waals surface area (Å²) in [6.07, 6.45) is 0. The largest absolute Gasteiger partial charge is 0.379 e. The van der Waals surface area contributed by atoms with Gasteiger partial charge in [0.2, 0.25) is 0 Å². The minimum atomic E-state index is -0.0586. The van der Waals surface area contributed by atoms with Crippen LogP contribution < -0.4 is 10.6 Å². The van der Waals surface area contributed by atoms with Crippen molar-refractivity contribution in [2.75, 3.05) is 11.9 Å². The fraction of sp³-hybridized carbons (Fsp3) is 0.200. The Labute approximate surface area is 126 Å². The summed E-state index contributed by atoms with van der Waals surface area (Å²) < 4.78 is 0.813. The Hall–Kier alpha value is -1.88. The smallest absolute Gasteiger partial charge is 0.251 e. The van der Waals surface area contributed by atoms with Crippen LogP contribution in [0.4, 0.5) is 5.69 Å². The molecule has 0 fully saturated rings. The maximum absolute atomic E-state index is 11.8. The molecule has 0 unspecified atom stereocenters. The number of carbonyl (C=O) groups is 1. The number of benzene rings is 1. The maximum Gasteiger partial charge on any atom is 0.251 e. The molecule has 104 valence electrons. The van der Waals surface area contributed by atoms with Gasteiger partial charge in [-0.2, -0.15) is 0 Å². The van der Waals surface area contributed by atoms with Crippen LogP contribution in [0, 0.1) is 0 Å². The third-order valence-corrected chi connectivity index (χ3v) is 3.15. The van der Waals surface area contributed by atoms with Crippen molar-refractivity contribution in [2.24, 2.45) is 0 Å². The van der Waals surface area contributed by atoms with Crippen LogP contribution in [-0.2, 0) is 6.54 Å². The van der Waals surface area contributed by atoms with E-state index in [0.717, 1.165) is 16.0 Å². The van der Waals surface area contributed by atoms with E-state index in [9.17, 15) is 4.79 Å². The van der Waals surface area contributed by atoms with Crippen LogP contribution in [0.3, 0.4) is 0 Å². The summed E-state index contributed by atoms with van der Waals surface area (Å²) in [4.78, 5) is 16.1. The van der Waals surface area contributed by atoms with Crippen molar-refractivity contribution in [1.82, 2.24) is 10.3 Å². The number of pyridine rings is 1. The third-order valence-electron chi connectivity index (χ3n) is 2.71. The van der Waals surface area contributed by atoms with Crippen molar-refractivity contribution in [3.63, 3.8) is 0 Å². The van der Waals surface area contributed by atoms with Crippen molar-refractivity contribution in [3.8, 4) is 0 Å². The first kappa shape index (κ1) is 14.5. The number of anilines is 1. The van der Waals surface area contributed by atoms with E-state index in [4.69, 9.17) is 0 Å². The Kier molecular flexibility index (Phi) is 5.12. The highest BCUT2D eigenvalue weighted by Gasteiger charge is 2.04. The van der Waals surface area contributed by atoms with Gasteiger partial charge in [-0.1, -0.05) is 12.1 Å². The van der Waals surface area contributed by atoms with Crippen LogP contribution in [0.2, 0.25) is 0 Å². The lowest BCUT2D eigenvalue weighted by molar-refractivity contribution is 0.0956. The average Bonchev–Trinajstić information content (AvgIpc) is 2.46. The fourth-order valence-electron chi connectivity index (χ4n) is 1.77. The van der Waals surface area contributed by atoms with Crippen LogP contribution >= 0.6 is 15.9 Å². The van der Waals surface area contributed by atoms with E-state index in [-0.39, 0.29) is 5.91 Å². The highest BCUT2D eigenvalue weighted by molar-refractivity contribution is 9.10. The highest BCUT2D eigenvalue weighted by atomic mass is 79.9. The molecule has 1 heterocycles. The van der Waals surface area contributed by atoms with Crippen molar-refractivity contribution in [2.45, 2.75) is 13.5 Å². The van der Waals surface area contributed by atoms with Gasteiger partial charge in [0.15, 0.2) is 0 Å². The van der Waals surface area contributed by atoms with Crippen LogP contribution in [-0.4, -0.2) is 17.4 Å². The van der Waals surface area contributed by atoms with E-state index in [0.29, 0.717) is 18.7 Å². The number of nitrogens with one attached hydrogen (secondary N) is 2. The van der Waals surface area contributed by atoms with Gasteiger partial charge in [-0.25, -0.2) is 4.98 Å². The molecule has 20 heavy (non-hydrogen) atoms. The molecule has 0 atom stereocenters. The van der Waals surface area contributed by atoms with E-state index < -0.39 is 0 Å². The van der Waals surface area contributed by atoms with Crippen LogP contribution in [0.5, 0.6) is 0 Å². The van der Waals surface area contributed by atoms with Gasteiger partial charge in [-0.15, -0.1) is 0 Å². The molecule has 0 saturated heterocycles. The van der Waals surface area contributed by atoms with Crippen LogP contribution in [0.1, 0.15) is 23.0 Å². The standard InChI is InChI=1S/C15H16BrN3O/c1-2-17-15(20)11-5-3-6-12(9-11)18-10-13-7-4-8-14(16)19-13/h3-9,18H,2,10H2,1H3,(H,17,20). The molecule has 1 aromatic heterocycles. The third kappa shape index (κ3) is 4.06. The zero-order valence-electron chi connectivity index (χ0n) is 11.2. The second-order valence-corrected chi connectivity index (χ2v) is 5.06. The molecular formula is C15H16BrN3O. The highest BCUT2D eigenvalue weighted by Crippen LogP contribution is 2.13. The monoisotopic (exact) mass is 333 g/mol.